The van der Waals surface area contributed by atoms with Crippen LogP contribution >= 0.6 is 0 Å². The molecule has 0 N–H and O–H groups in total. The molecule has 0 atom stereocenters. The molecule has 11 aromatic carbocycles. The van der Waals surface area contributed by atoms with E-state index in [9.17, 15) is 0 Å². The van der Waals surface area contributed by atoms with Crippen LogP contribution in [0.15, 0.2) is 265 Å². The highest BCUT2D eigenvalue weighted by Gasteiger charge is 2.19. The Balaban J connectivity index is 0.910. The highest BCUT2D eigenvalue weighted by Crippen LogP contribution is 2.42. The van der Waals surface area contributed by atoms with Gasteiger partial charge in [0.05, 0.1) is 22.1 Å². The second-order valence-electron chi connectivity index (χ2n) is 18.1. The molecule has 328 valence electrons. The molecule has 4 heteroatoms. The normalized spacial score (nSPS) is 11.7. The van der Waals surface area contributed by atoms with E-state index in [1.54, 1.807) is 0 Å². The van der Waals surface area contributed by atoms with E-state index in [1.807, 2.05) is 12.1 Å². The predicted molar refractivity (Wildman–Crippen MR) is 293 cm³/mol. The van der Waals surface area contributed by atoms with Crippen LogP contribution in [0.5, 0.6) is 0 Å². The zero-order valence-electron chi connectivity index (χ0n) is 38.1. The van der Waals surface area contributed by atoms with Gasteiger partial charge in [0, 0.05) is 66.3 Å². The van der Waals surface area contributed by atoms with Crippen molar-refractivity contribution in [3.8, 4) is 44.8 Å². The summed E-state index contributed by atoms with van der Waals surface area (Å²) in [4.78, 5) is 2.31. The van der Waals surface area contributed by atoms with Crippen molar-refractivity contribution in [3.63, 3.8) is 0 Å². The molecule has 14 aromatic rings. The first-order valence-electron chi connectivity index (χ1n) is 23.9. The molecule has 0 radical (unpaired) electrons. The molecule has 0 fully saturated rings. The van der Waals surface area contributed by atoms with Gasteiger partial charge < -0.3 is 18.5 Å². The summed E-state index contributed by atoms with van der Waals surface area (Å²) in [5, 5.41) is 7.15. The summed E-state index contributed by atoms with van der Waals surface area (Å²) in [6.45, 7) is 0. The molecular weight excluding hydrogens is 851 g/mol. The van der Waals surface area contributed by atoms with Crippen LogP contribution in [0.1, 0.15) is 0 Å². The van der Waals surface area contributed by atoms with E-state index >= 15 is 0 Å². The van der Waals surface area contributed by atoms with Crippen LogP contribution in [0.4, 0.5) is 17.1 Å². The van der Waals surface area contributed by atoms with Gasteiger partial charge in [0.25, 0.3) is 0 Å². The summed E-state index contributed by atoms with van der Waals surface area (Å²) < 4.78 is 11.3. The molecular formula is C66H43N3O. The van der Waals surface area contributed by atoms with Gasteiger partial charge in [-0.15, -0.1) is 0 Å². The van der Waals surface area contributed by atoms with Crippen molar-refractivity contribution in [1.82, 2.24) is 9.13 Å². The van der Waals surface area contributed by atoms with Gasteiger partial charge in [-0.3, -0.25) is 0 Å². The van der Waals surface area contributed by atoms with Crippen LogP contribution < -0.4 is 4.90 Å². The van der Waals surface area contributed by atoms with Gasteiger partial charge in [0.1, 0.15) is 11.2 Å². The van der Waals surface area contributed by atoms with Gasteiger partial charge in [-0.25, -0.2) is 0 Å². The molecule has 0 saturated heterocycles. The van der Waals surface area contributed by atoms with Crippen molar-refractivity contribution >= 4 is 82.6 Å². The number of rotatable bonds is 8. The molecule has 3 heterocycles. The molecule has 70 heavy (non-hydrogen) atoms. The van der Waals surface area contributed by atoms with Gasteiger partial charge >= 0.3 is 0 Å². The van der Waals surface area contributed by atoms with Crippen molar-refractivity contribution in [1.29, 1.82) is 0 Å². The van der Waals surface area contributed by atoms with Crippen molar-refractivity contribution in [3.05, 3.63) is 261 Å². The predicted octanol–water partition coefficient (Wildman–Crippen LogP) is 18.3. The van der Waals surface area contributed by atoms with E-state index in [-0.39, 0.29) is 0 Å². The van der Waals surface area contributed by atoms with Gasteiger partial charge in [-0.2, -0.15) is 0 Å². The Labute approximate surface area is 404 Å². The minimum absolute atomic E-state index is 0.904. The highest BCUT2D eigenvalue weighted by atomic mass is 16.3. The van der Waals surface area contributed by atoms with Crippen LogP contribution in [0.2, 0.25) is 0 Å². The SMILES string of the molecule is c1ccc(N(c2ccccc2)c2ccc(-c3ccc4c(c3)c3cc(-c5ccc6c(c5)c5ccccc5n6-c5ccccc5)ccc3n4-c3ccc(-c4cccc5c4oc4ccccc45)cc3)cc2)cc1. The Hall–Kier alpha value is -9.38. The zero-order valence-corrected chi connectivity index (χ0v) is 38.1. The fraction of sp³-hybridized carbons (Fsp3) is 0. The summed E-state index contributed by atoms with van der Waals surface area (Å²) in [5.41, 5.74) is 19.0. The average molecular weight is 894 g/mol. The van der Waals surface area contributed by atoms with Crippen LogP contribution in [-0.2, 0) is 0 Å². The average Bonchev–Trinajstić information content (AvgIpc) is 4.09. The molecule has 0 saturated carbocycles. The maximum atomic E-state index is 6.47. The fourth-order valence-electron chi connectivity index (χ4n) is 10.8. The first-order valence-corrected chi connectivity index (χ1v) is 23.9. The van der Waals surface area contributed by atoms with Crippen molar-refractivity contribution < 1.29 is 4.42 Å². The number of para-hydroxylation sites is 6. The molecule has 0 aliphatic rings. The molecule has 0 spiro atoms. The number of furan rings is 1. The van der Waals surface area contributed by atoms with E-state index in [2.05, 4.69) is 263 Å². The smallest absolute Gasteiger partial charge is 0.143 e. The largest absolute Gasteiger partial charge is 0.455 e. The molecule has 0 aliphatic heterocycles. The van der Waals surface area contributed by atoms with Gasteiger partial charge in [-0.05, 0) is 137 Å². The summed E-state index contributed by atoms with van der Waals surface area (Å²) in [6, 6.07) is 94.1. The van der Waals surface area contributed by atoms with Crippen LogP contribution in [0.3, 0.4) is 0 Å². The highest BCUT2D eigenvalue weighted by molar-refractivity contribution is 6.14. The summed E-state index contributed by atoms with van der Waals surface area (Å²) in [6.07, 6.45) is 0. The van der Waals surface area contributed by atoms with E-state index in [0.29, 0.717) is 0 Å². The Bertz CT molecular complexity index is 4220. The maximum absolute atomic E-state index is 6.47. The molecule has 3 aromatic heterocycles. The molecule has 0 aliphatic carbocycles. The Morgan fingerprint density at radius 1 is 0.271 bits per heavy atom. The van der Waals surface area contributed by atoms with Crippen molar-refractivity contribution in [2.24, 2.45) is 0 Å². The number of hydrogen-bond acceptors (Lipinski definition) is 2. The number of anilines is 3. The van der Waals surface area contributed by atoms with Crippen LogP contribution in [-0.4, -0.2) is 9.13 Å². The third-order valence-corrected chi connectivity index (χ3v) is 14.1. The Morgan fingerprint density at radius 2 is 0.700 bits per heavy atom. The molecule has 4 nitrogen and oxygen atoms in total. The lowest BCUT2D eigenvalue weighted by atomic mass is 9.99. The van der Waals surface area contributed by atoms with E-state index in [0.717, 1.165) is 78.1 Å². The summed E-state index contributed by atoms with van der Waals surface area (Å²) in [7, 11) is 0. The second-order valence-corrected chi connectivity index (χ2v) is 18.1. The monoisotopic (exact) mass is 893 g/mol. The third-order valence-electron chi connectivity index (χ3n) is 14.1. The number of fused-ring (bicyclic) bond motifs is 9. The van der Waals surface area contributed by atoms with Gasteiger partial charge in [0.2, 0.25) is 0 Å². The minimum Gasteiger partial charge on any atom is -0.455 e. The topological polar surface area (TPSA) is 26.2 Å². The van der Waals surface area contributed by atoms with Crippen molar-refractivity contribution in [2.75, 3.05) is 4.90 Å². The van der Waals surface area contributed by atoms with Crippen molar-refractivity contribution in [2.45, 2.75) is 0 Å². The number of aromatic nitrogens is 2. The molecule has 14 rings (SSSR count). The Kier molecular flexibility index (Phi) is 9.17. The second kappa shape index (κ2) is 16.2. The lowest BCUT2D eigenvalue weighted by Crippen LogP contribution is -2.09. The summed E-state index contributed by atoms with van der Waals surface area (Å²) in [5.74, 6) is 0. The lowest BCUT2D eigenvalue weighted by Gasteiger charge is -2.25. The maximum Gasteiger partial charge on any atom is 0.143 e. The van der Waals surface area contributed by atoms with E-state index in [1.165, 1.54) is 49.3 Å². The molecule has 0 unspecified atom stereocenters. The van der Waals surface area contributed by atoms with Gasteiger partial charge in [0.15, 0.2) is 0 Å². The quantitative estimate of drug-likeness (QED) is 0.152. The number of benzene rings is 11. The lowest BCUT2D eigenvalue weighted by molar-refractivity contribution is 0.670. The zero-order chi connectivity index (χ0) is 46.1. The summed E-state index contributed by atoms with van der Waals surface area (Å²) >= 11 is 0. The standard InChI is InChI=1S/C66H43N3O/c1-4-15-49(16-5-1)67(50-17-6-2-7-18-50)52-34-27-44(28-35-52)46-31-38-63-59(41-46)60-43-48(47-32-39-62-58(42-47)55-21-10-12-25-61(55)68(62)51-19-8-3-9-20-51)33-40-64(60)69(63)53-36-29-45(30-37-53)54-23-14-24-57-56-22-11-13-26-65(56)70-66(54)57/h1-43H. The minimum atomic E-state index is 0.904. The fourth-order valence-corrected chi connectivity index (χ4v) is 10.8. The van der Waals surface area contributed by atoms with Gasteiger partial charge in [-0.1, -0.05) is 152 Å². The number of hydrogen-bond donors (Lipinski definition) is 0. The first kappa shape index (κ1) is 39.8. The Morgan fingerprint density at radius 3 is 1.31 bits per heavy atom. The molecule has 0 bridgehead atoms. The third kappa shape index (κ3) is 6.46. The van der Waals surface area contributed by atoms with Crippen LogP contribution in [0.25, 0.3) is 110 Å². The van der Waals surface area contributed by atoms with E-state index < -0.39 is 0 Å². The molecule has 0 amide bonds. The number of nitrogens with zero attached hydrogens (tertiary/aromatic N) is 3. The van der Waals surface area contributed by atoms with E-state index in [4.69, 9.17) is 4.42 Å². The van der Waals surface area contributed by atoms with Crippen LogP contribution in [0, 0.1) is 0 Å². The first-order chi connectivity index (χ1) is 34.7.